The molecule has 3 aromatic carbocycles. The monoisotopic (exact) mass is 1550 g/mol. The number of hydrogen-bond donors (Lipinski definition) is 6. The van der Waals surface area contributed by atoms with Gasteiger partial charge in [-0.2, -0.15) is 11.8 Å². The van der Waals surface area contributed by atoms with Gasteiger partial charge in [0.25, 0.3) is 17.7 Å². The number of Topliss-reactive ketones (excluding diaryl/α,β-unsaturated/α-hetero) is 3. The number of aryl methyl sites for hydroxylation is 3. The summed E-state index contributed by atoms with van der Waals surface area (Å²) < 4.78 is 59.0. The third-order valence-electron chi connectivity index (χ3n) is 19.9. The first-order valence-corrected chi connectivity index (χ1v) is 39.5. The zero-order valence-electron chi connectivity index (χ0n) is 62.7. The first-order valence-electron chi connectivity index (χ1n) is 36.8. The van der Waals surface area contributed by atoms with Crippen LogP contribution in [0.3, 0.4) is 0 Å². The van der Waals surface area contributed by atoms with E-state index in [4.69, 9.17) is 19.9 Å². The number of nitrogens with zero attached hydrogens (tertiary/aromatic N) is 6. The molecule has 0 bridgehead atoms. The van der Waals surface area contributed by atoms with Crippen molar-refractivity contribution < 1.29 is 89.8 Å². The van der Waals surface area contributed by atoms with Crippen LogP contribution >= 0.6 is 11.8 Å². The van der Waals surface area contributed by atoms with E-state index >= 15 is 0 Å². The van der Waals surface area contributed by atoms with Gasteiger partial charge < -0.3 is 64.9 Å². The minimum atomic E-state index is -4.77. The average Bonchev–Trinajstić information content (AvgIpc) is 1.61. The molecule has 0 saturated carbocycles. The summed E-state index contributed by atoms with van der Waals surface area (Å²) in [5, 5.41) is 19.5. The maximum atomic E-state index is 14.3. The SMILES string of the molecule is C=C1C[C@H]2C(S(=O)(=O)[O-])Cc3cc(OCCCC(=O)Nc4cn(C)c(C(=O)Nc5ccc(-c6cc(C(=O)n7ccc8cc(CC(=O)[C@H](CCCCN)NC(=O)[C@@H](CC(=O)[C@H](CCC(=O)O)NC(=O)CCOCCOCCCC(=O)CCN9C(=O)CC(SC)C9=O)C(C)C)ccc87)n(C)c6)cc5)n4)c(C)cc3C(=O)N2C1. The molecule has 2 saturated heterocycles. The largest absolute Gasteiger partial charge is 0.748 e. The summed E-state index contributed by atoms with van der Waals surface area (Å²) in [4.78, 5) is 165. The van der Waals surface area contributed by atoms with Crippen LogP contribution in [0.4, 0.5) is 11.5 Å². The number of amides is 7. The lowest BCUT2D eigenvalue weighted by molar-refractivity contribution is -0.139. The van der Waals surface area contributed by atoms with Gasteiger partial charge in [0.1, 0.15) is 17.2 Å². The predicted octanol–water partition coefficient (Wildman–Crippen LogP) is 6.63. The molecule has 110 heavy (non-hydrogen) atoms. The molecular weight excluding hydrogens is 1460 g/mol. The van der Waals surface area contributed by atoms with Crippen LogP contribution in [0.2, 0.25) is 0 Å². The molecule has 3 aliphatic heterocycles. The number of nitrogens with one attached hydrogen (secondary N) is 4. The number of carbonyl (C=O) groups excluding carboxylic acids is 11. The first-order chi connectivity index (χ1) is 52.4. The highest BCUT2D eigenvalue weighted by molar-refractivity contribution is 8.00. The fourth-order valence-electron chi connectivity index (χ4n) is 13.8. The van der Waals surface area contributed by atoms with Gasteiger partial charge in [-0.1, -0.05) is 44.2 Å². The molecule has 30 nitrogen and oxygen atoms in total. The number of nitrogens with two attached hydrogens (primary N) is 1. The van der Waals surface area contributed by atoms with Gasteiger partial charge in [0.05, 0.1) is 70.7 Å². The summed E-state index contributed by atoms with van der Waals surface area (Å²) >= 11 is 1.31. The number of unbranched alkanes of at least 4 members (excludes halogenated alkanes) is 1. The number of carboxylic acid groups (broad SMARTS) is 1. The maximum Gasteiger partial charge on any atom is 0.303 e. The Morgan fingerprint density at radius 3 is 2.19 bits per heavy atom. The lowest BCUT2D eigenvalue weighted by Gasteiger charge is -2.30. The number of aliphatic carboxylic acids is 1. The third-order valence-corrected chi connectivity index (χ3v) is 22.0. The molecule has 2 fully saturated rings. The molecule has 0 radical (unpaired) electrons. The van der Waals surface area contributed by atoms with E-state index in [0.717, 1.165) is 10.5 Å². The number of benzene rings is 3. The zero-order chi connectivity index (χ0) is 79.7. The molecule has 9 rings (SSSR count). The molecular formula is C78H96N11O19S2-. The smallest absolute Gasteiger partial charge is 0.303 e. The van der Waals surface area contributed by atoms with Gasteiger partial charge in [-0.3, -0.25) is 67.0 Å². The average molecular weight is 1560 g/mol. The topological polar surface area (TPSA) is 418 Å². The number of likely N-dealkylation sites (tertiary alicyclic amines) is 1. The Kier molecular flexibility index (Phi) is 29.5. The molecule has 0 aliphatic carbocycles. The van der Waals surface area contributed by atoms with Gasteiger partial charge in [0, 0.05) is 132 Å². The molecule has 3 aliphatic rings. The van der Waals surface area contributed by atoms with Crippen LogP contribution in [-0.4, -0.2) is 205 Å². The fourth-order valence-corrected chi connectivity index (χ4v) is 15.5. The Bertz CT molecular complexity index is 4580. The van der Waals surface area contributed by atoms with Crippen LogP contribution in [0.15, 0.2) is 97.5 Å². The molecule has 7 amide bonds. The minimum absolute atomic E-state index is 0.0131. The number of rotatable bonds is 42. The number of imide groups is 1. The number of ether oxygens (including phenoxy) is 3. The highest BCUT2D eigenvalue weighted by Crippen LogP contribution is 2.37. The van der Waals surface area contributed by atoms with Gasteiger partial charge in [0.2, 0.25) is 35.4 Å². The Morgan fingerprint density at radius 2 is 1.49 bits per heavy atom. The van der Waals surface area contributed by atoms with Crippen molar-refractivity contribution in [2.45, 2.75) is 152 Å². The third kappa shape index (κ3) is 22.2. The second kappa shape index (κ2) is 38.6. The molecule has 2 unspecified atom stereocenters. The predicted molar refractivity (Wildman–Crippen MR) is 408 cm³/mol. The van der Waals surface area contributed by atoms with Crippen molar-refractivity contribution in [2.75, 3.05) is 69.6 Å². The standard InChI is InChI=1S/C78H97N11O19S2/c1-46(2)56(41-64(92)59(20-22-72(96)97)81-70(94)25-31-107-33-32-106-29-10-12-55(90)24-28-88-71(95)42-66(109-7)78(88)102)74(98)82-58(13-8-9-26-79)63(91)37-49-15-21-60-51(36-49)23-27-87(60)77(101)62-38-53(44-85(62)5)50-16-18-54(19-17-50)80-75(99)73-84-68(45-86(73)6)83-69(93)14-11-30-108-65-39-52-40-67(110(103,104)105)61-34-47(3)43-89(61)76(100)57(52)35-48(65)4/h15-19,21,23,27,35-36,38-39,44-46,56,58-59,61,66-67H,3,8-14,20,22,24-26,28-34,37,40-43,79H2,1-2,4-7H3,(H,80,99)(H,81,94)(H,82,98)(H,83,93)(H,96,97)(H,103,104,105)/p-1/t56-,58-,59-,61-,66?,67?/m0/s1. The Labute approximate surface area is 642 Å². The fraction of sp³-hybridized carbons (Fsp3) is 0.474. The van der Waals surface area contributed by atoms with Crippen LogP contribution in [0.25, 0.3) is 22.0 Å². The van der Waals surface area contributed by atoms with Crippen molar-refractivity contribution in [1.29, 1.82) is 0 Å². The molecule has 7 N–H and O–H groups in total. The number of ketones is 3. The molecule has 6 atom stereocenters. The van der Waals surface area contributed by atoms with Crippen LogP contribution in [0.5, 0.6) is 5.75 Å². The first kappa shape index (κ1) is 84.0. The van der Waals surface area contributed by atoms with E-state index < -0.39 is 92.4 Å². The maximum absolute atomic E-state index is 14.3. The van der Waals surface area contributed by atoms with E-state index in [1.807, 2.05) is 0 Å². The van der Waals surface area contributed by atoms with Crippen molar-refractivity contribution in [3.05, 3.63) is 131 Å². The molecule has 590 valence electrons. The van der Waals surface area contributed by atoms with Gasteiger partial charge in [0.15, 0.2) is 17.4 Å². The van der Waals surface area contributed by atoms with Gasteiger partial charge in [-0.25, -0.2) is 13.4 Å². The number of imidazole rings is 1. The summed E-state index contributed by atoms with van der Waals surface area (Å²) in [6.45, 7) is 10.3. The number of thioether (sulfide) groups is 1. The van der Waals surface area contributed by atoms with Crippen molar-refractivity contribution in [1.82, 2.24) is 39.1 Å². The normalized spacial score (nSPS) is 16.5. The molecule has 32 heteroatoms. The van der Waals surface area contributed by atoms with Crippen molar-refractivity contribution in [3.8, 4) is 16.9 Å². The molecule has 3 aromatic heterocycles. The van der Waals surface area contributed by atoms with Crippen LogP contribution in [0.1, 0.15) is 152 Å². The van der Waals surface area contributed by atoms with Gasteiger partial charge >= 0.3 is 5.97 Å². The summed E-state index contributed by atoms with van der Waals surface area (Å²) in [5.74, 6) is -6.31. The minimum Gasteiger partial charge on any atom is -0.748 e. The Morgan fingerprint density at radius 1 is 0.764 bits per heavy atom. The van der Waals surface area contributed by atoms with Crippen molar-refractivity contribution in [2.24, 2.45) is 31.7 Å². The lowest BCUT2D eigenvalue weighted by atomic mass is 9.86. The van der Waals surface area contributed by atoms with E-state index in [0.29, 0.717) is 87.2 Å². The summed E-state index contributed by atoms with van der Waals surface area (Å²) in [6.07, 6.45) is 7.96. The summed E-state index contributed by atoms with van der Waals surface area (Å²) in [6, 6.07) is 16.0. The summed E-state index contributed by atoms with van der Waals surface area (Å²) in [7, 11) is -1.42. The summed E-state index contributed by atoms with van der Waals surface area (Å²) in [5.41, 5.74) is 11.3. The lowest BCUT2D eigenvalue weighted by Crippen LogP contribution is -2.47. The number of fused-ring (bicyclic) bond motifs is 3. The highest BCUT2D eigenvalue weighted by Gasteiger charge is 2.44. The van der Waals surface area contributed by atoms with E-state index in [2.05, 4.69) is 32.8 Å². The Hall–Kier alpha value is -9.99. The number of carboxylic acids is 1. The van der Waals surface area contributed by atoms with E-state index in [1.165, 1.54) is 32.0 Å². The van der Waals surface area contributed by atoms with Crippen LogP contribution < -0.4 is 31.7 Å². The molecule has 6 heterocycles. The van der Waals surface area contributed by atoms with E-state index in [-0.39, 0.29) is 170 Å². The highest BCUT2D eigenvalue weighted by atomic mass is 32.2. The quantitative estimate of drug-likeness (QED) is 0.0101. The molecule has 0 spiro atoms. The van der Waals surface area contributed by atoms with Crippen molar-refractivity contribution in [3.63, 3.8) is 0 Å². The zero-order valence-corrected chi connectivity index (χ0v) is 64.3. The van der Waals surface area contributed by atoms with E-state index in [1.54, 1.807) is 125 Å². The number of hydrogen-bond acceptors (Lipinski definition) is 21. The molecule has 6 aromatic rings. The van der Waals surface area contributed by atoms with Gasteiger partial charge in [-0.05, 0) is 148 Å². The Balaban J connectivity index is 0.719. The number of anilines is 2. The second-order valence-corrected chi connectivity index (χ2v) is 31.0. The van der Waals surface area contributed by atoms with Crippen LogP contribution in [0, 0.1) is 18.8 Å². The van der Waals surface area contributed by atoms with Gasteiger partial charge in [-0.15, -0.1) is 0 Å². The second-order valence-electron chi connectivity index (χ2n) is 28.4. The van der Waals surface area contributed by atoms with Crippen molar-refractivity contribution >= 4 is 115 Å². The van der Waals surface area contributed by atoms with Crippen LogP contribution in [-0.2, 0) is 89.7 Å². The number of carbonyl (C=O) groups is 12. The van der Waals surface area contributed by atoms with E-state index in [9.17, 15) is 75.6 Å². The number of aromatic nitrogens is 4.